The van der Waals surface area contributed by atoms with Crippen molar-refractivity contribution < 1.29 is 9.53 Å². The van der Waals surface area contributed by atoms with Gasteiger partial charge in [0, 0.05) is 21.8 Å². The SMILES string of the molecule is Cc1ccc(Cl)cc1NC(=O)c1cccc(OCc2ccccc2C#N)c1. The maximum Gasteiger partial charge on any atom is 0.255 e. The molecule has 0 radical (unpaired) electrons. The number of hydrogen-bond acceptors (Lipinski definition) is 3. The van der Waals surface area contributed by atoms with E-state index >= 15 is 0 Å². The van der Waals surface area contributed by atoms with Gasteiger partial charge in [0.25, 0.3) is 5.91 Å². The molecule has 0 saturated heterocycles. The van der Waals surface area contributed by atoms with E-state index < -0.39 is 0 Å². The molecular weight excluding hydrogens is 360 g/mol. The normalized spacial score (nSPS) is 10.1. The third kappa shape index (κ3) is 4.66. The Labute approximate surface area is 163 Å². The van der Waals surface area contributed by atoms with Crippen LogP contribution >= 0.6 is 11.6 Å². The Morgan fingerprint density at radius 3 is 2.74 bits per heavy atom. The summed E-state index contributed by atoms with van der Waals surface area (Å²) < 4.78 is 5.77. The lowest BCUT2D eigenvalue weighted by Crippen LogP contribution is -2.13. The number of carbonyl (C=O) groups is 1. The molecule has 0 heterocycles. The molecule has 0 unspecified atom stereocenters. The van der Waals surface area contributed by atoms with E-state index in [-0.39, 0.29) is 12.5 Å². The van der Waals surface area contributed by atoms with Crippen LogP contribution in [0.2, 0.25) is 5.02 Å². The van der Waals surface area contributed by atoms with Crippen LogP contribution in [-0.2, 0) is 6.61 Å². The summed E-state index contributed by atoms with van der Waals surface area (Å²) in [6.45, 7) is 2.15. The van der Waals surface area contributed by atoms with E-state index in [1.165, 1.54) is 0 Å². The first-order chi connectivity index (χ1) is 13.1. The molecule has 0 bridgehead atoms. The Morgan fingerprint density at radius 2 is 1.93 bits per heavy atom. The summed E-state index contributed by atoms with van der Waals surface area (Å²) in [5.74, 6) is 0.307. The molecule has 0 spiro atoms. The van der Waals surface area contributed by atoms with E-state index in [4.69, 9.17) is 21.6 Å². The molecule has 0 fully saturated rings. The van der Waals surface area contributed by atoms with Gasteiger partial charge in [-0.05, 0) is 48.9 Å². The number of anilines is 1. The Hall–Kier alpha value is -3.29. The molecule has 0 aromatic heterocycles. The van der Waals surface area contributed by atoms with Crippen molar-refractivity contribution in [1.82, 2.24) is 0 Å². The van der Waals surface area contributed by atoms with Crippen molar-refractivity contribution in [2.45, 2.75) is 13.5 Å². The second-order valence-corrected chi connectivity index (χ2v) is 6.44. The number of nitriles is 1. The average molecular weight is 377 g/mol. The highest BCUT2D eigenvalue weighted by atomic mass is 35.5. The molecule has 1 N–H and O–H groups in total. The third-order valence-corrected chi connectivity index (χ3v) is 4.31. The molecule has 0 aliphatic carbocycles. The second kappa shape index (κ2) is 8.39. The van der Waals surface area contributed by atoms with E-state index in [9.17, 15) is 4.79 Å². The first kappa shape index (κ1) is 18.5. The zero-order chi connectivity index (χ0) is 19.2. The lowest BCUT2D eigenvalue weighted by molar-refractivity contribution is 0.102. The highest BCUT2D eigenvalue weighted by molar-refractivity contribution is 6.31. The number of halogens is 1. The van der Waals surface area contributed by atoms with Crippen LogP contribution in [0.25, 0.3) is 0 Å². The largest absolute Gasteiger partial charge is 0.489 e. The second-order valence-electron chi connectivity index (χ2n) is 6.00. The van der Waals surface area contributed by atoms with Gasteiger partial charge in [-0.1, -0.05) is 41.9 Å². The Morgan fingerprint density at radius 1 is 1.11 bits per heavy atom. The monoisotopic (exact) mass is 376 g/mol. The van der Waals surface area contributed by atoms with Gasteiger partial charge < -0.3 is 10.1 Å². The summed E-state index contributed by atoms with van der Waals surface area (Å²) in [4.78, 5) is 12.6. The van der Waals surface area contributed by atoms with Crippen molar-refractivity contribution in [1.29, 1.82) is 5.26 Å². The Balaban J connectivity index is 1.72. The number of carbonyl (C=O) groups excluding carboxylic acids is 1. The van der Waals surface area contributed by atoms with E-state index in [2.05, 4.69) is 11.4 Å². The number of aryl methyl sites for hydroxylation is 1. The van der Waals surface area contributed by atoms with Crippen LogP contribution < -0.4 is 10.1 Å². The van der Waals surface area contributed by atoms with Crippen molar-refractivity contribution in [3.63, 3.8) is 0 Å². The number of amides is 1. The summed E-state index contributed by atoms with van der Waals surface area (Å²) in [6.07, 6.45) is 0. The molecule has 3 rings (SSSR count). The first-order valence-electron chi connectivity index (χ1n) is 8.35. The lowest BCUT2D eigenvalue weighted by atomic mass is 10.1. The highest BCUT2D eigenvalue weighted by Crippen LogP contribution is 2.22. The van der Waals surface area contributed by atoms with E-state index in [1.54, 1.807) is 42.5 Å². The average Bonchev–Trinajstić information content (AvgIpc) is 2.69. The summed E-state index contributed by atoms with van der Waals surface area (Å²) in [5, 5.41) is 12.6. The summed E-state index contributed by atoms with van der Waals surface area (Å²) >= 11 is 6.00. The van der Waals surface area contributed by atoms with Crippen LogP contribution in [0.5, 0.6) is 5.75 Å². The predicted molar refractivity (Wildman–Crippen MR) is 106 cm³/mol. The fourth-order valence-corrected chi connectivity index (χ4v) is 2.74. The molecular formula is C22H17ClN2O2. The molecule has 5 heteroatoms. The number of nitrogens with zero attached hydrogens (tertiary/aromatic N) is 1. The van der Waals surface area contributed by atoms with Crippen molar-refractivity contribution in [2.75, 3.05) is 5.32 Å². The first-order valence-corrected chi connectivity index (χ1v) is 8.73. The molecule has 3 aromatic carbocycles. The van der Waals surface area contributed by atoms with Crippen LogP contribution in [0, 0.1) is 18.3 Å². The molecule has 0 saturated carbocycles. The number of hydrogen-bond donors (Lipinski definition) is 1. The topological polar surface area (TPSA) is 62.1 Å². The minimum absolute atomic E-state index is 0.247. The van der Waals surface area contributed by atoms with Gasteiger partial charge in [0.1, 0.15) is 12.4 Å². The third-order valence-electron chi connectivity index (χ3n) is 4.08. The van der Waals surface area contributed by atoms with E-state index in [0.717, 1.165) is 11.1 Å². The Bertz CT molecular complexity index is 1020. The molecule has 1 amide bonds. The van der Waals surface area contributed by atoms with Gasteiger partial charge in [-0.3, -0.25) is 4.79 Å². The number of ether oxygens (including phenoxy) is 1. The van der Waals surface area contributed by atoms with Gasteiger partial charge >= 0.3 is 0 Å². The molecule has 0 atom stereocenters. The number of benzene rings is 3. The van der Waals surface area contributed by atoms with Gasteiger partial charge in [-0.2, -0.15) is 5.26 Å². The fourth-order valence-electron chi connectivity index (χ4n) is 2.57. The maximum absolute atomic E-state index is 12.6. The summed E-state index contributed by atoms with van der Waals surface area (Å²) in [5.41, 5.74) is 3.43. The van der Waals surface area contributed by atoms with Crippen molar-refractivity contribution in [3.05, 3.63) is 94.0 Å². The summed E-state index contributed by atoms with van der Waals surface area (Å²) in [6, 6.07) is 21.7. The molecule has 4 nitrogen and oxygen atoms in total. The standard InChI is InChI=1S/C22H17ClN2O2/c1-15-9-10-19(23)12-21(15)25-22(26)16-7-4-8-20(11-16)27-14-18-6-3-2-5-17(18)13-24/h2-12H,14H2,1H3,(H,25,26). The van der Waals surface area contributed by atoms with Crippen molar-refractivity contribution in [2.24, 2.45) is 0 Å². The van der Waals surface area contributed by atoms with Gasteiger partial charge in [0.05, 0.1) is 11.6 Å². The predicted octanol–water partition coefficient (Wildman–Crippen LogP) is 5.35. The van der Waals surface area contributed by atoms with Crippen molar-refractivity contribution >= 4 is 23.2 Å². The minimum atomic E-state index is -0.247. The number of rotatable bonds is 5. The maximum atomic E-state index is 12.6. The van der Waals surface area contributed by atoms with Crippen LogP contribution in [0.3, 0.4) is 0 Å². The van der Waals surface area contributed by atoms with Crippen LogP contribution in [0.4, 0.5) is 5.69 Å². The fraction of sp³-hybridized carbons (Fsp3) is 0.0909. The van der Waals surface area contributed by atoms with Crippen LogP contribution in [-0.4, -0.2) is 5.91 Å². The van der Waals surface area contributed by atoms with Gasteiger partial charge in [0.2, 0.25) is 0 Å². The molecule has 3 aromatic rings. The zero-order valence-corrected chi connectivity index (χ0v) is 15.5. The number of nitrogens with one attached hydrogen (secondary N) is 1. The van der Waals surface area contributed by atoms with E-state index in [1.807, 2.05) is 31.2 Å². The van der Waals surface area contributed by atoms with Gasteiger partial charge in [0.15, 0.2) is 0 Å². The van der Waals surface area contributed by atoms with Crippen LogP contribution in [0.15, 0.2) is 66.7 Å². The molecule has 0 aliphatic heterocycles. The Kier molecular flexibility index (Phi) is 5.75. The quantitative estimate of drug-likeness (QED) is 0.652. The minimum Gasteiger partial charge on any atom is -0.489 e. The summed E-state index contributed by atoms with van der Waals surface area (Å²) in [7, 11) is 0. The lowest BCUT2D eigenvalue weighted by Gasteiger charge is -2.11. The van der Waals surface area contributed by atoms with Crippen molar-refractivity contribution in [3.8, 4) is 11.8 Å². The van der Waals surface area contributed by atoms with Gasteiger partial charge in [-0.25, -0.2) is 0 Å². The van der Waals surface area contributed by atoms with Crippen LogP contribution in [0.1, 0.15) is 27.0 Å². The van der Waals surface area contributed by atoms with E-state index in [0.29, 0.717) is 27.6 Å². The molecule has 27 heavy (non-hydrogen) atoms. The molecule has 0 aliphatic rings. The highest BCUT2D eigenvalue weighted by Gasteiger charge is 2.10. The zero-order valence-electron chi connectivity index (χ0n) is 14.7. The van der Waals surface area contributed by atoms with Gasteiger partial charge in [-0.15, -0.1) is 0 Å². The smallest absolute Gasteiger partial charge is 0.255 e. The molecule has 134 valence electrons.